The highest BCUT2D eigenvalue weighted by molar-refractivity contribution is 5.98. The van der Waals surface area contributed by atoms with Crippen LogP contribution in [-0.2, 0) is 13.1 Å². The van der Waals surface area contributed by atoms with Gasteiger partial charge in [-0.1, -0.05) is 24.3 Å². The third-order valence-corrected chi connectivity index (χ3v) is 4.94. The minimum absolute atomic E-state index is 0.197. The normalized spacial score (nSPS) is 11.0. The van der Waals surface area contributed by atoms with Gasteiger partial charge in [0.15, 0.2) is 0 Å². The van der Waals surface area contributed by atoms with E-state index >= 15 is 0 Å². The van der Waals surface area contributed by atoms with Gasteiger partial charge in [0, 0.05) is 36.9 Å². The molecule has 0 fully saturated rings. The van der Waals surface area contributed by atoms with Gasteiger partial charge in [-0.2, -0.15) is 0 Å². The first-order valence-electron chi connectivity index (χ1n) is 9.40. The minimum atomic E-state index is -0.340. The van der Waals surface area contributed by atoms with E-state index in [4.69, 9.17) is 0 Å². The first-order valence-corrected chi connectivity index (χ1v) is 9.40. The van der Waals surface area contributed by atoms with E-state index in [-0.39, 0.29) is 11.7 Å². The number of pyridine rings is 1. The number of carbonyl (C=O) groups excluding carboxylic acids is 1. The Morgan fingerprint density at radius 2 is 1.93 bits per heavy atom. The lowest BCUT2D eigenvalue weighted by molar-refractivity contribution is 0.0950. The highest BCUT2D eigenvalue weighted by atomic mass is 19.1. The van der Waals surface area contributed by atoms with Gasteiger partial charge < -0.3 is 9.88 Å². The van der Waals surface area contributed by atoms with Crippen LogP contribution in [0.4, 0.5) is 4.39 Å². The molecule has 0 radical (unpaired) electrons. The molecule has 0 atom stereocenters. The van der Waals surface area contributed by atoms with Crippen molar-refractivity contribution < 1.29 is 9.18 Å². The molecule has 0 saturated heterocycles. The Labute approximate surface area is 168 Å². The summed E-state index contributed by atoms with van der Waals surface area (Å²) < 4.78 is 15.5. The highest BCUT2D eigenvalue weighted by Crippen LogP contribution is 2.18. The molecule has 146 valence electrons. The Balaban J connectivity index is 1.48. The summed E-state index contributed by atoms with van der Waals surface area (Å²) in [4.78, 5) is 21.3. The zero-order valence-electron chi connectivity index (χ0n) is 16.3. The van der Waals surface area contributed by atoms with Crippen molar-refractivity contribution in [1.29, 1.82) is 0 Å². The Bertz CT molecular complexity index is 1200. The monoisotopic (exact) mass is 388 g/mol. The van der Waals surface area contributed by atoms with Gasteiger partial charge in [0.2, 0.25) is 0 Å². The highest BCUT2D eigenvalue weighted by Gasteiger charge is 2.12. The quantitative estimate of drug-likeness (QED) is 0.558. The number of aryl methyl sites for hydroxylation is 2. The Hall–Kier alpha value is -3.54. The number of carbonyl (C=O) groups is 1. The number of benzene rings is 2. The molecule has 2 aromatic heterocycles. The third-order valence-electron chi connectivity index (χ3n) is 4.94. The lowest BCUT2D eigenvalue weighted by atomic mass is 10.1. The summed E-state index contributed by atoms with van der Waals surface area (Å²) in [7, 11) is 0. The van der Waals surface area contributed by atoms with Crippen LogP contribution in [0.3, 0.4) is 0 Å². The van der Waals surface area contributed by atoms with Crippen molar-refractivity contribution in [2.75, 3.05) is 0 Å². The van der Waals surface area contributed by atoms with E-state index in [1.54, 1.807) is 25.3 Å². The number of rotatable bonds is 5. The van der Waals surface area contributed by atoms with Crippen LogP contribution in [0, 0.1) is 19.7 Å². The van der Waals surface area contributed by atoms with E-state index in [9.17, 15) is 9.18 Å². The number of nitrogens with zero attached hydrogens (tertiary/aromatic N) is 3. The summed E-state index contributed by atoms with van der Waals surface area (Å²) in [6.07, 6.45) is 3.73. The number of hydrogen-bond donors (Lipinski definition) is 1. The maximum atomic E-state index is 13.4. The first kappa shape index (κ1) is 18.8. The van der Waals surface area contributed by atoms with E-state index in [0.29, 0.717) is 23.3 Å². The van der Waals surface area contributed by atoms with Gasteiger partial charge in [-0.3, -0.25) is 9.78 Å². The molecule has 29 heavy (non-hydrogen) atoms. The van der Waals surface area contributed by atoms with E-state index in [1.165, 1.54) is 12.1 Å². The fourth-order valence-corrected chi connectivity index (χ4v) is 3.35. The molecular formula is C23H21FN4O. The molecule has 0 unspecified atom stereocenters. The second-order valence-corrected chi connectivity index (χ2v) is 7.06. The van der Waals surface area contributed by atoms with Crippen molar-refractivity contribution in [2.24, 2.45) is 0 Å². The number of amides is 1. The molecule has 1 amide bonds. The van der Waals surface area contributed by atoms with Gasteiger partial charge in [0.05, 0.1) is 16.8 Å². The van der Waals surface area contributed by atoms with E-state index in [1.807, 2.05) is 25.3 Å². The van der Waals surface area contributed by atoms with Crippen LogP contribution in [-0.4, -0.2) is 20.4 Å². The zero-order valence-corrected chi connectivity index (χ0v) is 16.3. The van der Waals surface area contributed by atoms with Crippen LogP contribution in [0.15, 0.2) is 60.9 Å². The average molecular weight is 388 g/mol. The number of halogens is 1. The maximum Gasteiger partial charge on any atom is 0.253 e. The predicted octanol–water partition coefficient (Wildman–Crippen LogP) is 4.17. The fraction of sp³-hybridized carbons (Fsp3) is 0.174. The average Bonchev–Trinajstić information content (AvgIpc) is 3.10. The zero-order chi connectivity index (χ0) is 20.4. The lowest BCUT2D eigenvalue weighted by Gasteiger charge is -2.11. The fourth-order valence-electron chi connectivity index (χ4n) is 3.35. The number of aromatic nitrogens is 3. The Morgan fingerprint density at radius 1 is 1.10 bits per heavy atom. The van der Waals surface area contributed by atoms with Crippen LogP contribution in [0.5, 0.6) is 0 Å². The predicted molar refractivity (Wildman–Crippen MR) is 110 cm³/mol. The summed E-state index contributed by atoms with van der Waals surface area (Å²) >= 11 is 0. The van der Waals surface area contributed by atoms with Gasteiger partial charge >= 0.3 is 0 Å². The molecule has 0 aliphatic rings. The molecule has 0 aliphatic carbocycles. The van der Waals surface area contributed by atoms with Crippen LogP contribution in [0.2, 0.25) is 0 Å². The number of fused-ring (bicyclic) bond motifs is 1. The molecular weight excluding hydrogens is 367 g/mol. The van der Waals surface area contributed by atoms with Gasteiger partial charge in [-0.15, -0.1) is 0 Å². The van der Waals surface area contributed by atoms with Crippen molar-refractivity contribution in [2.45, 2.75) is 26.9 Å². The van der Waals surface area contributed by atoms with Gasteiger partial charge in [-0.25, -0.2) is 9.37 Å². The number of nitrogens with one attached hydrogen (secondary N) is 1. The molecule has 1 N–H and O–H groups in total. The molecule has 4 rings (SSSR count). The van der Waals surface area contributed by atoms with Gasteiger partial charge in [-0.05, 0) is 43.2 Å². The van der Waals surface area contributed by atoms with Gasteiger partial charge in [0.25, 0.3) is 5.91 Å². The van der Waals surface area contributed by atoms with E-state index < -0.39 is 0 Å². The molecule has 0 bridgehead atoms. The number of imidazole rings is 1. The second-order valence-electron chi connectivity index (χ2n) is 7.06. The topological polar surface area (TPSA) is 59.8 Å². The molecule has 2 aromatic carbocycles. The number of hydrogen-bond acceptors (Lipinski definition) is 3. The van der Waals surface area contributed by atoms with Crippen LogP contribution < -0.4 is 5.32 Å². The Kier molecular flexibility index (Phi) is 5.08. The van der Waals surface area contributed by atoms with Crippen molar-refractivity contribution >= 4 is 16.8 Å². The molecule has 2 heterocycles. The standard InChI is InChI=1S/C23H21FN4O/c1-15-21(11-19-6-7-20(24)12-22(19)27-15)23(29)26-13-17-4-3-5-18(10-17)14-28-9-8-25-16(28)2/h3-12H,13-14H2,1-2H3,(H,26,29). The Morgan fingerprint density at radius 3 is 2.72 bits per heavy atom. The van der Waals surface area contributed by atoms with Crippen molar-refractivity contribution in [3.05, 3.63) is 95.0 Å². The molecule has 0 saturated carbocycles. The summed E-state index contributed by atoms with van der Waals surface area (Å²) in [5, 5.41) is 3.69. The molecule has 0 spiro atoms. The lowest BCUT2D eigenvalue weighted by Crippen LogP contribution is -2.24. The van der Waals surface area contributed by atoms with Crippen molar-refractivity contribution in [3.8, 4) is 0 Å². The summed E-state index contributed by atoms with van der Waals surface area (Å²) in [6, 6.07) is 14.2. The molecule has 6 heteroatoms. The molecule has 0 aliphatic heterocycles. The smallest absolute Gasteiger partial charge is 0.253 e. The molecule has 5 nitrogen and oxygen atoms in total. The largest absolute Gasteiger partial charge is 0.348 e. The molecule has 4 aromatic rings. The summed E-state index contributed by atoms with van der Waals surface area (Å²) in [6.45, 7) is 4.88. The van der Waals surface area contributed by atoms with Crippen molar-refractivity contribution in [3.63, 3.8) is 0 Å². The maximum absolute atomic E-state index is 13.4. The minimum Gasteiger partial charge on any atom is -0.348 e. The van der Waals surface area contributed by atoms with Crippen LogP contribution in [0.25, 0.3) is 10.9 Å². The van der Waals surface area contributed by atoms with Gasteiger partial charge in [0.1, 0.15) is 11.6 Å². The summed E-state index contributed by atoms with van der Waals surface area (Å²) in [5.74, 6) is 0.423. The summed E-state index contributed by atoms with van der Waals surface area (Å²) in [5.41, 5.74) is 3.77. The SMILES string of the molecule is Cc1nc2cc(F)ccc2cc1C(=O)NCc1cccc(Cn2ccnc2C)c1. The van der Waals surface area contributed by atoms with E-state index in [0.717, 1.165) is 28.9 Å². The van der Waals surface area contributed by atoms with E-state index in [2.05, 4.69) is 32.0 Å². The van der Waals surface area contributed by atoms with Crippen LogP contribution in [0.1, 0.15) is 33.0 Å². The second kappa shape index (κ2) is 7.83. The van der Waals surface area contributed by atoms with Crippen molar-refractivity contribution in [1.82, 2.24) is 19.9 Å². The first-order chi connectivity index (χ1) is 14.0. The van der Waals surface area contributed by atoms with Crippen LogP contribution >= 0.6 is 0 Å². The third kappa shape index (κ3) is 4.16.